The smallest absolute Gasteiger partial charge is 0.0428 e. The summed E-state index contributed by atoms with van der Waals surface area (Å²) < 4.78 is 1.16. The third kappa shape index (κ3) is 3.37. The second kappa shape index (κ2) is 5.95. The molecular formula is C13H16BrN. The van der Waals surface area contributed by atoms with Crippen LogP contribution in [0.1, 0.15) is 30.5 Å². The lowest BCUT2D eigenvalue weighted by atomic mass is 10.0. The van der Waals surface area contributed by atoms with E-state index in [-0.39, 0.29) is 0 Å². The number of aryl methyl sites for hydroxylation is 1. The summed E-state index contributed by atoms with van der Waals surface area (Å²) in [5.74, 6) is 6.03. The molecule has 1 rings (SSSR count). The van der Waals surface area contributed by atoms with Gasteiger partial charge in [0.05, 0.1) is 0 Å². The van der Waals surface area contributed by atoms with Gasteiger partial charge in [-0.15, -0.1) is 11.8 Å². The van der Waals surface area contributed by atoms with E-state index < -0.39 is 0 Å². The molecule has 1 atom stereocenters. The monoisotopic (exact) mass is 265 g/mol. The summed E-state index contributed by atoms with van der Waals surface area (Å²) in [6.07, 6.45) is 0.850. The third-order valence-electron chi connectivity index (χ3n) is 2.43. The summed E-state index contributed by atoms with van der Waals surface area (Å²) in [4.78, 5) is 0. The van der Waals surface area contributed by atoms with Crippen LogP contribution in [0.5, 0.6) is 0 Å². The molecule has 2 heteroatoms. The van der Waals surface area contributed by atoms with Crippen molar-refractivity contribution in [1.82, 2.24) is 5.32 Å². The van der Waals surface area contributed by atoms with Gasteiger partial charge in [-0.3, -0.25) is 0 Å². The van der Waals surface area contributed by atoms with Gasteiger partial charge >= 0.3 is 0 Å². The van der Waals surface area contributed by atoms with E-state index in [1.165, 1.54) is 11.1 Å². The number of halogens is 1. The fraction of sp³-hybridized carbons (Fsp3) is 0.385. The van der Waals surface area contributed by atoms with Crippen molar-refractivity contribution in [1.29, 1.82) is 0 Å². The van der Waals surface area contributed by atoms with Crippen LogP contribution in [-0.2, 0) is 0 Å². The van der Waals surface area contributed by atoms with Crippen molar-refractivity contribution in [3.05, 3.63) is 33.8 Å². The zero-order valence-corrected chi connectivity index (χ0v) is 11.0. The Morgan fingerprint density at radius 2 is 2.20 bits per heavy atom. The molecule has 0 aromatic heterocycles. The highest BCUT2D eigenvalue weighted by atomic mass is 79.9. The molecule has 0 aliphatic heterocycles. The molecule has 1 unspecified atom stereocenters. The minimum Gasteiger partial charge on any atom is -0.312 e. The van der Waals surface area contributed by atoms with Crippen LogP contribution < -0.4 is 5.32 Å². The van der Waals surface area contributed by atoms with Gasteiger partial charge in [0.25, 0.3) is 0 Å². The van der Waals surface area contributed by atoms with Crippen LogP contribution in [0.4, 0.5) is 0 Å². The zero-order chi connectivity index (χ0) is 11.3. The highest BCUT2D eigenvalue weighted by molar-refractivity contribution is 9.10. The summed E-state index contributed by atoms with van der Waals surface area (Å²) in [6.45, 7) is 3.96. The molecule has 1 N–H and O–H groups in total. The highest BCUT2D eigenvalue weighted by Crippen LogP contribution is 2.23. The van der Waals surface area contributed by atoms with Crippen molar-refractivity contribution in [2.24, 2.45) is 0 Å². The molecule has 0 bridgehead atoms. The third-order valence-corrected chi connectivity index (χ3v) is 3.28. The van der Waals surface area contributed by atoms with Gasteiger partial charge in [0.1, 0.15) is 0 Å². The molecule has 0 radical (unpaired) electrons. The Balaban J connectivity index is 2.90. The Morgan fingerprint density at radius 3 is 2.73 bits per heavy atom. The van der Waals surface area contributed by atoms with Crippen molar-refractivity contribution in [2.75, 3.05) is 7.05 Å². The lowest BCUT2D eigenvalue weighted by molar-refractivity contribution is 0.611. The fourth-order valence-corrected chi connectivity index (χ4v) is 1.81. The number of hydrogen-bond donors (Lipinski definition) is 1. The first-order valence-electron chi connectivity index (χ1n) is 5.02. The lowest BCUT2D eigenvalue weighted by Crippen LogP contribution is -2.15. The van der Waals surface area contributed by atoms with Crippen molar-refractivity contribution in [3.63, 3.8) is 0 Å². The first-order valence-corrected chi connectivity index (χ1v) is 5.81. The Kier molecular flexibility index (Phi) is 4.87. The molecule has 0 spiro atoms. The van der Waals surface area contributed by atoms with E-state index in [0.29, 0.717) is 6.04 Å². The lowest BCUT2D eigenvalue weighted by Gasteiger charge is -2.14. The number of hydrogen-bond acceptors (Lipinski definition) is 1. The molecule has 0 amide bonds. The zero-order valence-electron chi connectivity index (χ0n) is 9.39. The van der Waals surface area contributed by atoms with E-state index in [4.69, 9.17) is 0 Å². The van der Waals surface area contributed by atoms with Crippen LogP contribution in [0.15, 0.2) is 22.7 Å². The second-order valence-electron chi connectivity index (χ2n) is 3.48. The number of benzene rings is 1. The summed E-state index contributed by atoms with van der Waals surface area (Å²) in [6, 6.07) is 6.75. The topological polar surface area (TPSA) is 12.0 Å². The Hall–Kier alpha value is -0.780. The normalized spacial score (nSPS) is 11.7. The molecule has 0 aliphatic carbocycles. The fourth-order valence-electron chi connectivity index (χ4n) is 1.42. The van der Waals surface area contributed by atoms with Gasteiger partial charge in [0.15, 0.2) is 0 Å². The van der Waals surface area contributed by atoms with E-state index in [2.05, 4.69) is 58.2 Å². The van der Waals surface area contributed by atoms with Crippen molar-refractivity contribution in [3.8, 4) is 11.8 Å². The van der Waals surface area contributed by atoms with Crippen LogP contribution in [-0.4, -0.2) is 7.05 Å². The molecule has 0 saturated carbocycles. The van der Waals surface area contributed by atoms with Gasteiger partial charge in [0.2, 0.25) is 0 Å². The van der Waals surface area contributed by atoms with Gasteiger partial charge in [-0.1, -0.05) is 28.1 Å². The predicted molar refractivity (Wildman–Crippen MR) is 68.7 cm³/mol. The van der Waals surface area contributed by atoms with E-state index in [1.807, 2.05) is 14.0 Å². The predicted octanol–water partition coefficient (Wildman–Crippen LogP) is 3.43. The standard InChI is InChI=1S/C13H16BrN/c1-4-5-6-13(15-3)11-8-7-10(2)12(14)9-11/h7-9,13,15H,6H2,1-3H3. The van der Waals surface area contributed by atoms with Crippen LogP contribution in [0.2, 0.25) is 0 Å². The van der Waals surface area contributed by atoms with Crippen molar-refractivity contribution < 1.29 is 0 Å². The first kappa shape index (κ1) is 12.3. The van der Waals surface area contributed by atoms with E-state index >= 15 is 0 Å². The van der Waals surface area contributed by atoms with Gasteiger partial charge in [-0.05, 0) is 38.1 Å². The SMILES string of the molecule is CC#CCC(NC)c1ccc(C)c(Br)c1. The molecule has 0 saturated heterocycles. The number of nitrogens with one attached hydrogen (secondary N) is 1. The maximum atomic E-state index is 3.55. The van der Waals surface area contributed by atoms with Gasteiger partial charge in [-0.25, -0.2) is 0 Å². The Morgan fingerprint density at radius 1 is 1.47 bits per heavy atom. The molecular weight excluding hydrogens is 250 g/mol. The van der Waals surface area contributed by atoms with E-state index in [0.717, 1.165) is 10.9 Å². The average Bonchev–Trinajstić information content (AvgIpc) is 2.24. The summed E-state index contributed by atoms with van der Waals surface area (Å²) in [5, 5.41) is 3.28. The second-order valence-corrected chi connectivity index (χ2v) is 4.34. The highest BCUT2D eigenvalue weighted by Gasteiger charge is 2.08. The molecule has 1 aromatic rings. The first-order chi connectivity index (χ1) is 7.19. The molecule has 1 nitrogen and oxygen atoms in total. The van der Waals surface area contributed by atoms with Gasteiger partial charge in [-0.2, -0.15) is 0 Å². The van der Waals surface area contributed by atoms with Gasteiger partial charge < -0.3 is 5.32 Å². The minimum atomic E-state index is 0.314. The van der Waals surface area contributed by atoms with Crippen LogP contribution in [0, 0.1) is 18.8 Å². The van der Waals surface area contributed by atoms with Crippen LogP contribution >= 0.6 is 15.9 Å². The quantitative estimate of drug-likeness (QED) is 0.826. The summed E-state index contributed by atoms with van der Waals surface area (Å²) in [5.41, 5.74) is 2.54. The summed E-state index contributed by atoms with van der Waals surface area (Å²) >= 11 is 3.55. The van der Waals surface area contributed by atoms with E-state index in [9.17, 15) is 0 Å². The maximum absolute atomic E-state index is 3.55. The van der Waals surface area contributed by atoms with Crippen molar-refractivity contribution >= 4 is 15.9 Å². The van der Waals surface area contributed by atoms with Crippen LogP contribution in [0.25, 0.3) is 0 Å². The largest absolute Gasteiger partial charge is 0.312 e. The molecule has 15 heavy (non-hydrogen) atoms. The molecule has 0 aliphatic rings. The number of rotatable bonds is 3. The summed E-state index contributed by atoms with van der Waals surface area (Å²) in [7, 11) is 1.97. The van der Waals surface area contributed by atoms with Crippen LogP contribution in [0.3, 0.4) is 0 Å². The average molecular weight is 266 g/mol. The Bertz CT molecular complexity index is 387. The van der Waals surface area contributed by atoms with Gasteiger partial charge in [0, 0.05) is 16.9 Å². The molecule has 0 fully saturated rings. The van der Waals surface area contributed by atoms with E-state index in [1.54, 1.807) is 0 Å². The maximum Gasteiger partial charge on any atom is 0.0428 e. The molecule has 0 heterocycles. The minimum absolute atomic E-state index is 0.314. The van der Waals surface area contributed by atoms with Crippen molar-refractivity contribution in [2.45, 2.75) is 26.3 Å². The Labute approximate surface area is 100 Å². The molecule has 1 aromatic carbocycles. The molecule has 80 valence electrons.